The molecule has 2 N–H and O–H groups in total. The molecule has 0 bridgehead atoms. The molecule has 0 atom stereocenters. The maximum atomic E-state index is 13.3. The monoisotopic (exact) mass is 467 g/mol. The van der Waals surface area contributed by atoms with Crippen LogP contribution in [-0.4, -0.2) is 27.5 Å². The van der Waals surface area contributed by atoms with Gasteiger partial charge in [-0.15, -0.1) is 0 Å². The van der Waals surface area contributed by atoms with Crippen LogP contribution in [0.15, 0.2) is 63.7 Å². The van der Waals surface area contributed by atoms with E-state index in [1.54, 1.807) is 22.8 Å². The Labute approximate surface area is 191 Å². The van der Waals surface area contributed by atoms with Crippen LogP contribution in [0.25, 0.3) is 16.6 Å². The van der Waals surface area contributed by atoms with Gasteiger partial charge in [-0.1, -0.05) is 29.5 Å². The zero-order valence-corrected chi connectivity index (χ0v) is 18.6. The van der Waals surface area contributed by atoms with Crippen LogP contribution in [0.3, 0.4) is 0 Å². The molecule has 1 aliphatic rings. The van der Waals surface area contributed by atoms with Crippen LogP contribution in [0.2, 0.25) is 0 Å². The number of carbonyl (C=O) groups is 1. The fraction of sp³-hybridized carbons (Fsp3) is 0.136. The van der Waals surface area contributed by atoms with Gasteiger partial charge in [-0.3, -0.25) is 19.0 Å². The largest absolute Gasteiger partial charge is 0.329 e. The molecule has 32 heavy (non-hydrogen) atoms. The second-order valence-electron chi connectivity index (χ2n) is 7.41. The van der Waals surface area contributed by atoms with Crippen molar-refractivity contribution in [2.75, 3.05) is 12.4 Å². The predicted molar refractivity (Wildman–Crippen MR) is 125 cm³/mol. The molecule has 0 fully saturated rings. The van der Waals surface area contributed by atoms with Gasteiger partial charge in [0.2, 0.25) is 0 Å². The first-order chi connectivity index (χ1) is 15.5. The summed E-state index contributed by atoms with van der Waals surface area (Å²) in [6, 6.07) is 13.5. The highest BCUT2D eigenvalue weighted by Crippen LogP contribution is 2.29. The summed E-state index contributed by atoms with van der Waals surface area (Å²) in [6.07, 6.45) is 1.51. The van der Waals surface area contributed by atoms with Gasteiger partial charge in [0.15, 0.2) is 5.13 Å². The van der Waals surface area contributed by atoms with Gasteiger partial charge in [0.1, 0.15) is 5.82 Å². The normalized spacial score (nSPS) is 13.3. The number of aromatic nitrogens is 2. The number of urea groups is 1. The minimum absolute atomic E-state index is 0.111. The Hall–Kier alpha value is -3.21. The van der Waals surface area contributed by atoms with E-state index >= 15 is 0 Å². The van der Waals surface area contributed by atoms with E-state index in [2.05, 4.69) is 19.9 Å². The van der Waals surface area contributed by atoms with Crippen LogP contribution in [0.4, 0.5) is 14.9 Å². The van der Waals surface area contributed by atoms with E-state index in [1.165, 1.54) is 12.3 Å². The van der Waals surface area contributed by atoms with Gasteiger partial charge in [0.25, 0.3) is 5.56 Å². The van der Waals surface area contributed by atoms with Gasteiger partial charge in [0, 0.05) is 24.2 Å². The van der Waals surface area contributed by atoms with E-state index in [1.807, 2.05) is 31.3 Å². The lowest BCUT2D eigenvalue weighted by Gasteiger charge is -2.14. The number of amides is 2. The van der Waals surface area contributed by atoms with Gasteiger partial charge in [-0.2, -0.15) is 4.39 Å². The van der Waals surface area contributed by atoms with Crippen LogP contribution < -0.4 is 15.6 Å². The number of fused-ring (bicyclic) bond motifs is 3. The molecule has 10 heteroatoms. The molecule has 4 heterocycles. The molecule has 1 aromatic carbocycles. The second kappa shape index (κ2) is 8.38. The first-order valence-corrected chi connectivity index (χ1v) is 11.4. The van der Waals surface area contributed by atoms with Gasteiger partial charge < -0.3 is 5.32 Å². The predicted octanol–water partition coefficient (Wildman–Crippen LogP) is 4.36. The summed E-state index contributed by atoms with van der Waals surface area (Å²) in [5.74, 6) is 0.502. The quantitative estimate of drug-likeness (QED) is 0.436. The Morgan fingerprint density at radius 3 is 2.66 bits per heavy atom. The van der Waals surface area contributed by atoms with E-state index in [-0.39, 0.29) is 10.7 Å². The molecule has 0 saturated heterocycles. The first kappa shape index (κ1) is 20.7. The number of rotatable bonds is 4. The third-order valence-corrected chi connectivity index (χ3v) is 6.97. The summed E-state index contributed by atoms with van der Waals surface area (Å²) >= 11 is 1.98. The summed E-state index contributed by atoms with van der Waals surface area (Å²) in [4.78, 5) is 32.0. The van der Waals surface area contributed by atoms with Crippen molar-refractivity contribution in [1.82, 2.24) is 19.2 Å². The average Bonchev–Trinajstić information content (AvgIpc) is 3.38. The molecular formula is C22H18FN5O2S2. The van der Waals surface area contributed by atoms with Crippen molar-refractivity contribution in [3.05, 3.63) is 81.5 Å². The topological polar surface area (TPSA) is 79.3 Å². The second-order valence-corrected chi connectivity index (χ2v) is 9.55. The van der Waals surface area contributed by atoms with Crippen LogP contribution in [-0.2, 0) is 13.1 Å². The van der Waals surface area contributed by atoms with Crippen LogP contribution >= 0.6 is 23.3 Å². The third kappa shape index (κ3) is 3.88. The van der Waals surface area contributed by atoms with E-state index in [0.29, 0.717) is 27.6 Å². The average molecular weight is 468 g/mol. The number of anilines is 1. The maximum Gasteiger partial charge on any atom is 0.329 e. The van der Waals surface area contributed by atoms with Gasteiger partial charge in [-0.05, 0) is 60.3 Å². The minimum Gasteiger partial charge on any atom is -0.306 e. The van der Waals surface area contributed by atoms with E-state index in [9.17, 15) is 14.0 Å². The summed E-state index contributed by atoms with van der Waals surface area (Å²) in [7, 11) is 2.02. The van der Waals surface area contributed by atoms with Crippen molar-refractivity contribution in [2.24, 2.45) is 0 Å². The molecule has 7 nitrogen and oxygen atoms in total. The van der Waals surface area contributed by atoms with Crippen molar-refractivity contribution in [3.8, 4) is 5.82 Å². The first-order valence-electron chi connectivity index (χ1n) is 9.79. The lowest BCUT2D eigenvalue weighted by atomic mass is 10.1. The third-order valence-electron chi connectivity index (χ3n) is 5.18. The smallest absolute Gasteiger partial charge is 0.306 e. The van der Waals surface area contributed by atoms with Crippen molar-refractivity contribution >= 4 is 45.8 Å². The maximum absolute atomic E-state index is 13.3. The standard InChI is InChI=1S/C22H18FN5O2S2/c1-27-11-16-14-4-2-3-5-15(14)21(29)28(17(16)12-27)19-8-6-13(10-24-19)25-22(30)26-32-20-9-7-18(23)31-20/h2-10H,11-12H2,1H3,(H2,25,26,30). The number of halogens is 1. The Balaban J connectivity index is 1.40. The number of carbonyl (C=O) groups excluding carboxylic acids is 1. The number of pyridine rings is 2. The molecule has 0 spiro atoms. The van der Waals surface area contributed by atoms with E-state index in [0.717, 1.165) is 46.5 Å². The Morgan fingerprint density at radius 1 is 1.12 bits per heavy atom. The van der Waals surface area contributed by atoms with Crippen molar-refractivity contribution in [3.63, 3.8) is 0 Å². The van der Waals surface area contributed by atoms with Gasteiger partial charge >= 0.3 is 6.03 Å². The molecule has 4 aromatic rings. The van der Waals surface area contributed by atoms with E-state index in [4.69, 9.17) is 0 Å². The van der Waals surface area contributed by atoms with Crippen molar-refractivity contribution in [1.29, 1.82) is 0 Å². The van der Waals surface area contributed by atoms with Crippen LogP contribution in [0.5, 0.6) is 0 Å². The summed E-state index contributed by atoms with van der Waals surface area (Å²) in [6.45, 7) is 1.42. The lowest BCUT2D eigenvalue weighted by Crippen LogP contribution is -2.24. The Kier molecular flexibility index (Phi) is 5.41. The molecule has 162 valence electrons. The SMILES string of the molecule is CN1Cc2c(n(-c3ccc(NC(=O)NSc4ccc(F)s4)cn3)c(=O)c3ccccc23)C1. The summed E-state index contributed by atoms with van der Waals surface area (Å²) in [5.41, 5.74) is 2.43. The molecular weight excluding hydrogens is 449 g/mol. The Bertz CT molecular complexity index is 1380. The Morgan fingerprint density at radius 2 is 1.94 bits per heavy atom. The van der Waals surface area contributed by atoms with E-state index < -0.39 is 6.03 Å². The molecule has 0 radical (unpaired) electrons. The number of nitrogens with zero attached hydrogens (tertiary/aromatic N) is 3. The molecule has 1 aliphatic heterocycles. The summed E-state index contributed by atoms with van der Waals surface area (Å²) < 4.78 is 17.9. The van der Waals surface area contributed by atoms with Crippen LogP contribution in [0, 0.1) is 5.13 Å². The number of hydrogen-bond donors (Lipinski definition) is 2. The highest BCUT2D eigenvalue weighted by molar-refractivity contribution is 7.99. The summed E-state index contributed by atoms with van der Waals surface area (Å²) in [5, 5.41) is 4.01. The van der Waals surface area contributed by atoms with Crippen molar-refractivity contribution < 1.29 is 9.18 Å². The molecule has 0 unspecified atom stereocenters. The molecule has 5 rings (SSSR count). The zero-order chi connectivity index (χ0) is 22.2. The lowest BCUT2D eigenvalue weighted by molar-refractivity contribution is 0.257. The highest BCUT2D eigenvalue weighted by atomic mass is 32.2. The fourth-order valence-corrected chi connectivity index (χ4v) is 5.21. The molecule has 3 aromatic heterocycles. The number of benzene rings is 1. The number of thiophene rings is 1. The minimum atomic E-state index is -0.455. The van der Waals surface area contributed by atoms with Crippen LogP contribution in [0.1, 0.15) is 11.3 Å². The van der Waals surface area contributed by atoms with Gasteiger partial charge in [-0.25, -0.2) is 9.78 Å². The fourth-order valence-electron chi connectivity index (χ4n) is 3.83. The zero-order valence-electron chi connectivity index (χ0n) is 17.0. The number of nitrogens with one attached hydrogen (secondary N) is 2. The number of hydrogen-bond acceptors (Lipinski definition) is 6. The molecule has 0 saturated carbocycles. The van der Waals surface area contributed by atoms with Crippen molar-refractivity contribution in [2.45, 2.75) is 17.3 Å². The van der Waals surface area contributed by atoms with Gasteiger partial charge in [0.05, 0.1) is 16.1 Å². The molecule has 0 aliphatic carbocycles. The molecule has 2 amide bonds. The highest BCUT2D eigenvalue weighted by Gasteiger charge is 2.25.